The van der Waals surface area contributed by atoms with E-state index < -0.39 is 0 Å². The molecule has 0 radical (unpaired) electrons. The molecule has 0 aliphatic heterocycles. The third-order valence-corrected chi connectivity index (χ3v) is 7.77. The number of hydrogen-bond acceptors (Lipinski definition) is 2. The molecule has 5 aromatic carbocycles. The van der Waals surface area contributed by atoms with Gasteiger partial charge in [-0.2, -0.15) is 0 Å². The molecule has 0 saturated carbocycles. The minimum atomic E-state index is 0. The van der Waals surface area contributed by atoms with Crippen molar-refractivity contribution in [1.29, 1.82) is 0 Å². The van der Waals surface area contributed by atoms with E-state index >= 15 is 0 Å². The van der Waals surface area contributed by atoms with Gasteiger partial charge in [0, 0.05) is 18.8 Å². The zero-order valence-corrected chi connectivity index (χ0v) is 25.0. The number of nitrogens with zero attached hydrogens (tertiary/aromatic N) is 4. The van der Waals surface area contributed by atoms with E-state index in [1.54, 1.807) is 0 Å². The first-order chi connectivity index (χ1) is 20.2. The van der Waals surface area contributed by atoms with Crippen LogP contribution >= 0.6 is 0 Å². The number of benzene rings is 5. The van der Waals surface area contributed by atoms with E-state index in [-0.39, 0.29) is 21.1 Å². The Labute approximate surface area is 258 Å². The molecule has 0 bridgehead atoms. The van der Waals surface area contributed by atoms with Gasteiger partial charge >= 0.3 is 21.1 Å². The number of fused-ring (bicyclic) bond motifs is 4. The van der Waals surface area contributed by atoms with Gasteiger partial charge in [-0.05, 0) is 57.7 Å². The predicted octanol–water partition coefficient (Wildman–Crippen LogP) is 8.66. The van der Waals surface area contributed by atoms with Crippen molar-refractivity contribution in [2.24, 2.45) is 7.05 Å². The third kappa shape index (κ3) is 4.27. The summed E-state index contributed by atoms with van der Waals surface area (Å²) < 4.78 is 4.40. The molecule has 0 fully saturated rings. The molecule has 8 aromatic rings. The molecule has 3 heterocycles. The number of pyridine rings is 1. The van der Waals surface area contributed by atoms with E-state index in [0.717, 1.165) is 61.3 Å². The first kappa shape index (κ1) is 26.1. The zero-order chi connectivity index (χ0) is 27.3. The number of rotatable bonds is 4. The first-order valence-corrected chi connectivity index (χ1v) is 13.7. The van der Waals surface area contributed by atoms with Crippen molar-refractivity contribution < 1.29 is 21.1 Å². The maximum absolute atomic E-state index is 5.09. The van der Waals surface area contributed by atoms with Crippen molar-refractivity contribution in [3.8, 4) is 39.5 Å². The van der Waals surface area contributed by atoms with Crippen LogP contribution in [0.3, 0.4) is 0 Å². The monoisotopic (exact) mass is 719 g/mol. The van der Waals surface area contributed by atoms with Crippen molar-refractivity contribution in [2.45, 2.75) is 0 Å². The van der Waals surface area contributed by atoms with Crippen molar-refractivity contribution in [1.82, 2.24) is 19.1 Å². The second-order valence-electron chi connectivity index (χ2n) is 10.2. The van der Waals surface area contributed by atoms with Crippen LogP contribution in [0.5, 0.6) is 0 Å². The maximum atomic E-state index is 5.09. The van der Waals surface area contributed by atoms with Gasteiger partial charge in [0.2, 0.25) is 0 Å². The van der Waals surface area contributed by atoms with Crippen LogP contribution in [0.1, 0.15) is 0 Å². The summed E-state index contributed by atoms with van der Waals surface area (Å²) in [5.74, 6) is 0.884. The smallest absolute Gasteiger partial charge is 0.367 e. The second kappa shape index (κ2) is 10.6. The Morgan fingerprint density at radius 2 is 1.45 bits per heavy atom. The average Bonchev–Trinajstić information content (AvgIpc) is 3.55. The van der Waals surface area contributed by atoms with Gasteiger partial charge in [-0.3, -0.25) is 4.98 Å². The van der Waals surface area contributed by atoms with Crippen LogP contribution in [0.4, 0.5) is 0 Å². The molecule has 0 saturated heterocycles. The number of hydrogen-bond donors (Lipinski definition) is 0. The van der Waals surface area contributed by atoms with Crippen LogP contribution in [0.2, 0.25) is 0 Å². The summed E-state index contributed by atoms with van der Waals surface area (Å²) in [6, 6.07) is 49.3. The molecular weight excluding hydrogens is 696 g/mol. The number of para-hydroxylation sites is 1. The molecule has 8 rings (SSSR count). The van der Waals surface area contributed by atoms with Crippen LogP contribution in [0.25, 0.3) is 72.3 Å². The normalized spacial score (nSPS) is 11.3. The first-order valence-electron chi connectivity index (χ1n) is 13.7. The Kier molecular flexibility index (Phi) is 6.57. The van der Waals surface area contributed by atoms with Gasteiger partial charge in [-0.15, -0.1) is 53.6 Å². The standard InChI is InChI=1S/C37H24N4.Pt/c1-40-35-20-18-26(25-10-3-2-4-11-25)23-33(35)39-37(40)28-17-19-31-30-14-5-6-16-34(30)41(36(31)24-28)29-13-9-12-27(22-29)32-15-7-8-21-38-32;/h2-21,23H,1H3;/q-2;+2. The Morgan fingerprint density at radius 3 is 2.31 bits per heavy atom. The Balaban J connectivity index is 0.00000288. The molecule has 0 amide bonds. The van der Waals surface area contributed by atoms with E-state index in [1.165, 1.54) is 10.9 Å². The number of aryl methyl sites for hydroxylation is 1. The molecule has 202 valence electrons. The molecule has 0 N–H and O–H groups in total. The van der Waals surface area contributed by atoms with E-state index in [0.29, 0.717) is 0 Å². The van der Waals surface area contributed by atoms with Gasteiger partial charge in [0.15, 0.2) is 0 Å². The fourth-order valence-corrected chi connectivity index (χ4v) is 5.78. The van der Waals surface area contributed by atoms with Gasteiger partial charge in [0.25, 0.3) is 0 Å². The van der Waals surface area contributed by atoms with Crippen LogP contribution in [0.15, 0.2) is 128 Å². The van der Waals surface area contributed by atoms with E-state index in [2.05, 4.69) is 130 Å². The van der Waals surface area contributed by atoms with Crippen molar-refractivity contribution in [2.75, 3.05) is 0 Å². The van der Waals surface area contributed by atoms with Gasteiger partial charge in [-0.1, -0.05) is 72.1 Å². The predicted molar refractivity (Wildman–Crippen MR) is 167 cm³/mol. The van der Waals surface area contributed by atoms with Gasteiger partial charge in [0.05, 0.1) is 16.9 Å². The SMILES string of the molecule is Cn1c(-c2[c-]c3c(cc2)c2ccccc2n3-c2[c-]c(-c3ccccn3)ccc2)nc2cc(-c3ccccc3)ccc21.[Pt+2]. The Morgan fingerprint density at radius 1 is 0.619 bits per heavy atom. The second-order valence-corrected chi connectivity index (χ2v) is 10.2. The third-order valence-electron chi connectivity index (χ3n) is 7.77. The molecule has 42 heavy (non-hydrogen) atoms. The Hall–Kier alpha value is -4.79. The minimum absolute atomic E-state index is 0. The summed E-state index contributed by atoms with van der Waals surface area (Å²) in [5.41, 5.74) is 10.3. The maximum Gasteiger partial charge on any atom is 2.00 e. The summed E-state index contributed by atoms with van der Waals surface area (Å²) in [6.45, 7) is 0. The summed E-state index contributed by atoms with van der Waals surface area (Å²) >= 11 is 0. The molecule has 0 spiro atoms. The quantitative estimate of drug-likeness (QED) is 0.171. The van der Waals surface area contributed by atoms with Gasteiger partial charge in [-0.25, -0.2) is 0 Å². The molecular formula is C37H24N4Pt. The fraction of sp³-hybridized carbons (Fsp3) is 0.0270. The van der Waals surface area contributed by atoms with Crippen molar-refractivity contribution in [3.63, 3.8) is 0 Å². The molecule has 4 nitrogen and oxygen atoms in total. The van der Waals surface area contributed by atoms with Crippen molar-refractivity contribution >= 4 is 32.8 Å². The number of aromatic nitrogens is 4. The molecule has 0 aliphatic rings. The molecule has 5 heteroatoms. The summed E-state index contributed by atoms with van der Waals surface area (Å²) in [6.07, 6.45) is 1.82. The van der Waals surface area contributed by atoms with Crippen LogP contribution < -0.4 is 0 Å². The zero-order valence-electron chi connectivity index (χ0n) is 22.7. The topological polar surface area (TPSA) is 35.6 Å². The van der Waals surface area contributed by atoms with Crippen LogP contribution in [-0.2, 0) is 28.1 Å². The molecule has 0 unspecified atom stereocenters. The largest absolute Gasteiger partial charge is 2.00 e. The van der Waals surface area contributed by atoms with E-state index in [1.807, 2.05) is 30.5 Å². The fourth-order valence-electron chi connectivity index (χ4n) is 5.78. The Bertz CT molecular complexity index is 2210. The minimum Gasteiger partial charge on any atom is -0.367 e. The summed E-state index contributed by atoms with van der Waals surface area (Å²) in [7, 11) is 2.07. The molecule has 0 atom stereocenters. The molecule has 0 aliphatic carbocycles. The van der Waals surface area contributed by atoms with E-state index in [4.69, 9.17) is 4.98 Å². The van der Waals surface area contributed by atoms with Crippen molar-refractivity contribution in [3.05, 3.63) is 140 Å². The van der Waals surface area contributed by atoms with Crippen LogP contribution in [0, 0.1) is 12.1 Å². The molecule has 3 aromatic heterocycles. The van der Waals surface area contributed by atoms with Crippen LogP contribution in [-0.4, -0.2) is 19.1 Å². The summed E-state index contributed by atoms with van der Waals surface area (Å²) in [4.78, 5) is 9.64. The number of imidazole rings is 1. The van der Waals surface area contributed by atoms with Gasteiger partial charge < -0.3 is 14.1 Å². The van der Waals surface area contributed by atoms with Gasteiger partial charge in [0.1, 0.15) is 0 Å². The average molecular weight is 720 g/mol. The van der Waals surface area contributed by atoms with E-state index in [9.17, 15) is 0 Å². The summed E-state index contributed by atoms with van der Waals surface area (Å²) in [5, 5.41) is 2.32.